The normalized spacial score (nSPS) is 10.8. The van der Waals surface area contributed by atoms with E-state index in [0.717, 1.165) is 11.3 Å². The second kappa shape index (κ2) is 4.97. The van der Waals surface area contributed by atoms with Crippen LogP contribution in [-0.4, -0.2) is 21.7 Å². The number of ether oxygens (including phenoxy) is 2. The van der Waals surface area contributed by atoms with Crippen LogP contribution in [0.4, 0.5) is 5.69 Å². The fourth-order valence-electron chi connectivity index (χ4n) is 2.16. The van der Waals surface area contributed by atoms with Gasteiger partial charge in [-0.1, -0.05) is 0 Å². The Morgan fingerprint density at radius 2 is 1.95 bits per heavy atom. The molecule has 1 aromatic carbocycles. The van der Waals surface area contributed by atoms with Crippen LogP contribution in [-0.2, 0) is 0 Å². The predicted octanol–water partition coefficient (Wildman–Crippen LogP) is 2.73. The molecule has 0 spiro atoms. The molecule has 0 aliphatic heterocycles. The summed E-state index contributed by atoms with van der Waals surface area (Å²) in [4.78, 5) is 4.33. The van der Waals surface area contributed by atoms with Crippen molar-refractivity contribution >= 4 is 11.3 Å². The highest BCUT2D eigenvalue weighted by Crippen LogP contribution is 2.29. The summed E-state index contributed by atoms with van der Waals surface area (Å²) < 4.78 is 12.9. The number of methoxy groups -OCH3 is 1. The number of fused-ring (bicyclic) bond motifs is 1. The number of nitrogens with zero attached hydrogens (tertiary/aromatic N) is 3. The van der Waals surface area contributed by atoms with Crippen molar-refractivity contribution in [3.63, 3.8) is 0 Å². The third-order valence-corrected chi connectivity index (χ3v) is 3.12. The highest BCUT2D eigenvalue weighted by atomic mass is 16.5. The van der Waals surface area contributed by atoms with Gasteiger partial charge in [-0.05, 0) is 37.6 Å². The molecule has 0 bridgehead atoms. The maximum Gasteiger partial charge on any atom is 0.219 e. The minimum Gasteiger partial charge on any atom is -0.481 e. The highest BCUT2D eigenvalue weighted by Gasteiger charge is 2.10. The van der Waals surface area contributed by atoms with Crippen LogP contribution in [0.5, 0.6) is 17.4 Å². The molecule has 21 heavy (non-hydrogen) atoms. The van der Waals surface area contributed by atoms with Gasteiger partial charge in [0.25, 0.3) is 0 Å². The van der Waals surface area contributed by atoms with Crippen molar-refractivity contribution in [3.05, 3.63) is 41.7 Å². The third-order valence-electron chi connectivity index (χ3n) is 3.12. The van der Waals surface area contributed by atoms with E-state index in [0.29, 0.717) is 28.8 Å². The standard InChI is InChI=1S/C15H16N4O2/c1-9-6-11(16)4-5-13(9)21-12-7-14-17-10(2)18-19(14)15(8-12)20-3/h4-8H,16H2,1-3H3. The summed E-state index contributed by atoms with van der Waals surface area (Å²) in [6, 6.07) is 9.11. The van der Waals surface area contributed by atoms with Gasteiger partial charge in [-0.15, -0.1) is 5.10 Å². The Balaban J connectivity index is 2.04. The molecule has 0 fully saturated rings. The van der Waals surface area contributed by atoms with Crippen LogP contribution >= 0.6 is 0 Å². The molecule has 0 aliphatic rings. The van der Waals surface area contributed by atoms with E-state index in [-0.39, 0.29) is 0 Å². The predicted molar refractivity (Wildman–Crippen MR) is 79.9 cm³/mol. The fourth-order valence-corrected chi connectivity index (χ4v) is 2.16. The summed E-state index contributed by atoms with van der Waals surface area (Å²) in [6.45, 7) is 3.78. The van der Waals surface area contributed by atoms with Crippen LogP contribution < -0.4 is 15.2 Å². The van der Waals surface area contributed by atoms with Gasteiger partial charge in [0.05, 0.1) is 7.11 Å². The molecule has 0 atom stereocenters. The van der Waals surface area contributed by atoms with Crippen LogP contribution in [0.2, 0.25) is 0 Å². The fraction of sp³-hybridized carbons (Fsp3) is 0.200. The minimum atomic E-state index is 0.566. The van der Waals surface area contributed by atoms with Crippen molar-refractivity contribution in [1.29, 1.82) is 0 Å². The van der Waals surface area contributed by atoms with Gasteiger partial charge in [-0.2, -0.15) is 4.52 Å². The lowest BCUT2D eigenvalue weighted by atomic mass is 10.2. The van der Waals surface area contributed by atoms with E-state index >= 15 is 0 Å². The SMILES string of the molecule is COc1cc(Oc2ccc(N)cc2C)cc2nc(C)nn12. The van der Waals surface area contributed by atoms with E-state index in [1.165, 1.54) is 0 Å². The Morgan fingerprint density at radius 3 is 2.67 bits per heavy atom. The number of aromatic nitrogens is 3. The summed E-state index contributed by atoms with van der Waals surface area (Å²) in [5.41, 5.74) is 8.10. The molecular formula is C15H16N4O2. The molecule has 0 aliphatic carbocycles. The monoisotopic (exact) mass is 284 g/mol. The average molecular weight is 284 g/mol. The quantitative estimate of drug-likeness (QED) is 0.748. The maximum atomic E-state index is 5.91. The van der Waals surface area contributed by atoms with Gasteiger partial charge in [0, 0.05) is 17.8 Å². The molecule has 0 amide bonds. The molecule has 2 aromatic heterocycles. The lowest BCUT2D eigenvalue weighted by Crippen LogP contribution is -1.97. The summed E-state index contributed by atoms with van der Waals surface area (Å²) in [5.74, 6) is 2.62. The Kier molecular flexibility index (Phi) is 3.13. The van der Waals surface area contributed by atoms with Gasteiger partial charge in [0.15, 0.2) is 5.65 Å². The first kappa shape index (κ1) is 13.2. The van der Waals surface area contributed by atoms with Gasteiger partial charge in [0.1, 0.15) is 17.3 Å². The number of rotatable bonds is 3. The minimum absolute atomic E-state index is 0.566. The van der Waals surface area contributed by atoms with E-state index in [2.05, 4.69) is 10.1 Å². The van der Waals surface area contributed by atoms with E-state index < -0.39 is 0 Å². The molecule has 3 rings (SSSR count). The van der Waals surface area contributed by atoms with Gasteiger partial charge in [-0.3, -0.25) is 0 Å². The Labute approximate surface area is 122 Å². The van der Waals surface area contributed by atoms with E-state index in [1.807, 2.05) is 32.0 Å². The molecule has 2 heterocycles. The smallest absolute Gasteiger partial charge is 0.219 e. The maximum absolute atomic E-state index is 5.91. The lowest BCUT2D eigenvalue weighted by molar-refractivity contribution is 0.380. The van der Waals surface area contributed by atoms with Crippen molar-refractivity contribution in [3.8, 4) is 17.4 Å². The first-order chi connectivity index (χ1) is 10.1. The van der Waals surface area contributed by atoms with E-state index in [9.17, 15) is 0 Å². The van der Waals surface area contributed by atoms with Gasteiger partial charge in [0.2, 0.25) is 5.88 Å². The number of hydrogen-bond acceptors (Lipinski definition) is 5. The van der Waals surface area contributed by atoms with Crippen molar-refractivity contribution in [2.75, 3.05) is 12.8 Å². The Hall–Kier alpha value is -2.76. The highest BCUT2D eigenvalue weighted by molar-refractivity contribution is 5.52. The number of anilines is 1. The molecule has 3 aromatic rings. The van der Waals surface area contributed by atoms with Crippen LogP contribution in [0.3, 0.4) is 0 Å². The average Bonchev–Trinajstić information content (AvgIpc) is 2.81. The van der Waals surface area contributed by atoms with Gasteiger partial charge in [-0.25, -0.2) is 4.98 Å². The van der Waals surface area contributed by atoms with Gasteiger partial charge < -0.3 is 15.2 Å². The molecule has 0 saturated carbocycles. The molecule has 0 radical (unpaired) electrons. The summed E-state index contributed by atoms with van der Waals surface area (Å²) in [6.07, 6.45) is 0. The Morgan fingerprint density at radius 1 is 1.14 bits per heavy atom. The second-order valence-electron chi connectivity index (χ2n) is 4.79. The zero-order chi connectivity index (χ0) is 15.0. The van der Waals surface area contributed by atoms with Crippen molar-refractivity contribution < 1.29 is 9.47 Å². The zero-order valence-electron chi connectivity index (χ0n) is 12.1. The van der Waals surface area contributed by atoms with Crippen LogP contribution in [0.15, 0.2) is 30.3 Å². The molecule has 108 valence electrons. The second-order valence-corrected chi connectivity index (χ2v) is 4.79. The van der Waals surface area contributed by atoms with Crippen molar-refractivity contribution in [2.24, 2.45) is 0 Å². The van der Waals surface area contributed by atoms with E-state index in [4.69, 9.17) is 15.2 Å². The third kappa shape index (κ3) is 2.47. The number of nitrogens with two attached hydrogens (primary N) is 1. The Bertz CT molecular complexity index is 811. The first-order valence-corrected chi connectivity index (χ1v) is 6.52. The van der Waals surface area contributed by atoms with E-state index in [1.54, 1.807) is 23.8 Å². The molecule has 0 unspecified atom stereocenters. The number of nitrogen functional groups attached to an aromatic ring is 1. The number of hydrogen-bond donors (Lipinski definition) is 1. The van der Waals surface area contributed by atoms with Gasteiger partial charge >= 0.3 is 0 Å². The number of pyridine rings is 1. The molecule has 6 heteroatoms. The van der Waals surface area contributed by atoms with Crippen LogP contribution in [0.25, 0.3) is 5.65 Å². The lowest BCUT2D eigenvalue weighted by Gasteiger charge is -2.11. The number of benzene rings is 1. The first-order valence-electron chi connectivity index (χ1n) is 6.52. The van der Waals surface area contributed by atoms with Crippen molar-refractivity contribution in [1.82, 2.24) is 14.6 Å². The summed E-state index contributed by atoms with van der Waals surface area (Å²) >= 11 is 0. The number of aryl methyl sites for hydroxylation is 2. The molecule has 6 nitrogen and oxygen atoms in total. The largest absolute Gasteiger partial charge is 0.481 e. The van der Waals surface area contributed by atoms with Crippen LogP contribution in [0, 0.1) is 13.8 Å². The topological polar surface area (TPSA) is 74.7 Å². The summed E-state index contributed by atoms with van der Waals surface area (Å²) in [7, 11) is 1.59. The van der Waals surface area contributed by atoms with Crippen LogP contribution in [0.1, 0.15) is 11.4 Å². The molecule has 0 saturated heterocycles. The molecule has 2 N–H and O–H groups in total. The molecular weight excluding hydrogens is 268 g/mol. The summed E-state index contributed by atoms with van der Waals surface area (Å²) in [5, 5.41) is 4.27. The zero-order valence-corrected chi connectivity index (χ0v) is 12.1. The van der Waals surface area contributed by atoms with Crippen molar-refractivity contribution in [2.45, 2.75) is 13.8 Å².